The van der Waals surface area contributed by atoms with Crippen molar-refractivity contribution >= 4 is 34.2 Å². The molecule has 1 aliphatic rings. The van der Waals surface area contributed by atoms with E-state index in [0.29, 0.717) is 16.0 Å². The molecule has 1 heterocycles. The molecular formula is C13H17ClN2OS. The number of anilines is 1. The molecule has 1 aliphatic heterocycles. The van der Waals surface area contributed by atoms with Gasteiger partial charge in [0.1, 0.15) is 5.75 Å². The maximum Gasteiger partial charge on any atom is 0.161 e. The van der Waals surface area contributed by atoms with Crippen LogP contribution in [0.5, 0.6) is 5.75 Å². The molecule has 3 nitrogen and oxygen atoms in total. The highest BCUT2D eigenvalue weighted by molar-refractivity contribution is 8.15. The van der Waals surface area contributed by atoms with E-state index in [9.17, 15) is 0 Å². The predicted molar refractivity (Wildman–Crippen MR) is 80.2 cm³/mol. The van der Waals surface area contributed by atoms with Gasteiger partial charge in [-0.1, -0.05) is 36.7 Å². The average molecular weight is 285 g/mol. The third kappa shape index (κ3) is 3.33. The van der Waals surface area contributed by atoms with Crippen LogP contribution >= 0.6 is 23.4 Å². The number of rotatable bonds is 4. The Bertz CT molecular complexity index is 451. The molecule has 0 amide bonds. The normalized spacial score (nSPS) is 18.6. The molecule has 1 aromatic rings. The summed E-state index contributed by atoms with van der Waals surface area (Å²) in [4.78, 5) is 4.50. The van der Waals surface area contributed by atoms with E-state index in [1.165, 1.54) is 12.8 Å². The van der Waals surface area contributed by atoms with Gasteiger partial charge in [0, 0.05) is 10.9 Å². The minimum Gasteiger partial charge on any atom is -0.495 e. The molecule has 0 bridgehead atoms. The number of hydrogen-bond acceptors (Lipinski definition) is 4. The third-order valence-electron chi connectivity index (χ3n) is 2.73. The molecule has 0 saturated heterocycles. The van der Waals surface area contributed by atoms with Gasteiger partial charge >= 0.3 is 0 Å². The molecule has 0 spiro atoms. The Morgan fingerprint density at radius 3 is 3.06 bits per heavy atom. The number of benzene rings is 1. The van der Waals surface area contributed by atoms with Gasteiger partial charge in [-0.25, -0.2) is 0 Å². The minimum atomic E-state index is 0.608. The molecule has 0 aromatic heterocycles. The van der Waals surface area contributed by atoms with Crippen LogP contribution in [0.4, 0.5) is 5.69 Å². The first-order chi connectivity index (χ1) is 8.72. The molecule has 1 atom stereocenters. The number of hydrogen-bond donors (Lipinski definition) is 1. The van der Waals surface area contributed by atoms with Gasteiger partial charge in [-0.05, 0) is 24.6 Å². The van der Waals surface area contributed by atoms with Crippen molar-refractivity contribution < 1.29 is 4.74 Å². The van der Waals surface area contributed by atoms with Crippen LogP contribution in [0.3, 0.4) is 0 Å². The summed E-state index contributed by atoms with van der Waals surface area (Å²) in [7, 11) is 1.61. The number of halogens is 1. The number of methoxy groups -OCH3 is 1. The summed E-state index contributed by atoms with van der Waals surface area (Å²) in [5.41, 5.74) is 0.948. The molecule has 0 saturated carbocycles. The van der Waals surface area contributed by atoms with E-state index in [1.54, 1.807) is 7.11 Å². The zero-order valence-electron chi connectivity index (χ0n) is 10.6. The van der Waals surface area contributed by atoms with Crippen molar-refractivity contribution in [3.63, 3.8) is 0 Å². The van der Waals surface area contributed by atoms with Crippen molar-refractivity contribution in [1.29, 1.82) is 0 Å². The Hall–Kier alpha value is -0.870. The van der Waals surface area contributed by atoms with Crippen molar-refractivity contribution in [1.82, 2.24) is 0 Å². The zero-order valence-corrected chi connectivity index (χ0v) is 12.1. The quantitative estimate of drug-likeness (QED) is 0.906. The SMILES string of the molecule is CCCC1CN=C(Nc2ccc(OC)c(Cl)c2)S1. The van der Waals surface area contributed by atoms with Gasteiger partial charge in [0.2, 0.25) is 0 Å². The summed E-state index contributed by atoms with van der Waals surface area (Å²) in [5.74, 6) is 0.687. The summed E-state index contributed by atoms with van der Waals surface area (Å²) >= 11 is 7.89. The topological polar surface area (TPSA) is 33.6 Å². The third-order valence-corrected chi connectivity index (χ3v) is 4.20. The molecule has 5 heteroatoms. The van der Waals surface area contributed by atoms with Gasteiger partial charge in [0.15, 0.2) is 5.17 Å². The molecule has 1 aromatic carbocycles. The van der Waals surface area contributed by atoms with Crippen LogP contribution in [0, 0.1) is 0 Å². The van der Waals surface area contributed by atoms with Crippen molar-refractivity contribution in [3.8, 4) is 5.75 Å². The monoisotopic (exact) mass is 284 g/mol. The number of nitrogens with zero attached hydrogens (tertiary/aromatic N) is 1. The molecule has 0 fully saturated rings. The molecule has 2 rings (SSSR count). The highest BCUT2D eigenvalue weighted by atomic mass is 35.5. The minimum absolute atomic E-state index is 0.608. The van der Waals surface area contributed by atoms with Gasteiger partial charge < -0.3 is 10.1 Å². The second-order valence-corrected chi connectivity index (χ2v) is 5.84. The lowest BCUT2D eigenvalue weighted by atomic mass is 10.2. The summed E-state index contributed by atoms with van der Waals surface area (Å²) in [6.45, 7) is 3.11. The summed E-state index contributed by atoms with van der Waals surface area (Å²) in [6.07, 6.45) is 2.41. The lowest BCUT2D eigenvalue weighted by Crippen LogP contribution is -2.07. The van der Waals surface area contributed by atoms with E-state index in [0.717, 1.165) is 17.4 Å². The fraction of sp³-hybridized carbons (Fsp3) is 0.462. The lowest BCUT2D eigenvalue weighted by molar-refractivity contribution is 0.415. The Morgan fingerprint density at radius 2 is 2.39 bits per heavy atom. The van der Waals surface area contributed by atoms with E-state index in [1.807, 2.05) is 30.0 Å². The molecule has 1 N–H and O–H groups in total. The number of aliphatic imine (C=N–C) groups is 1. The molecule has 18 heavy (non-hydrogen) atoms. The smallest absolute Gasteiger partial charge is 0.161 e. The average Bonchev–Trinajstić information content (AvgIpc) is 2.77. The maximum absolute atomic E-state index is 6.08. The molecule has 98 valence electrons. The first-order valence-electron chi connectivity index (χ1n) is 6.04. The van der Waals surface area contributed by atoms with Gasteiger partial charge in [-0.2, -0.15) is 0 Å². The number of ether oxygens (including phenoxy) is 1. The van der Waals surface area contributed by atoms with Gasteiger partial charge in [0.05, 0.1) is 18.7 Å². The van der Waals surface area contributed by atoms with Crippen molar-refractivity contribution in [2.45, 2.75) is 25.0 Å². The molecule has 1 unspecified atom stereocenters. The first kappa shape index (κ1) is 13.6. The maximum atomic E-state index is 6.08. The van der Waals surface area contributed by atoms with Crippen LogP contribution in [-0.2, 0) is 0 Å². The van der Waals surface area contributed by atoms with Crippen LogP contribution in [0.2, 0.25) is 5.02 Å². The van der Waals surface area contributed by atoms with Gasteiger partial charge in [-0.15, -0.1) is 0 Å². The fourth-order valence-corrected chi connectivity index (χ4v) is 3.23. The van der Waals surface area contributed by atoms with E-state index in [4.69, 9.17) is 16.3 Å². The lowest BCUT2D eigenvalue weighted by Gasteiger charge is -2.09. The summed E-state index contributed by atoms with van der Waals surface area (Å²) in [5, 5.41) is 5.50. The fourth-order valence-electron chi connectivity index (χ4n) is 1.83. The highest BCUT2D eigenvalue weighted by Gasteiger charge is 2.18. The van der Waals surface area contributed by atoms with Crippen LogP contribution < -0.4 is 10.1 Å². The Morgan fingerprint density at radius 1 is 1.56 bits per heavy atom. The molecule has 0 aliphatic carbocycles. The Kier molecular flexibility index (Phi) is 4.78. The number of nitrogens with one attached hydrogen (secondary N) is 1. The van der Waals surface area contributed by atoms with E-state index in [-0.39, 0.29) is 0 Å². The van der Waals surface area contributed by atoms with E-state index in [2.05, 4.69) is 17.2 Å². The molecule has 0 radical (unpaired) electrons. The van der Waals surface area contributed by atoms with E-state index < -0.39 is 0 Å². The highest BCUT2D eigenvalue weighted by Crippen LogP contribution is 2.30. The first-order valence-corrected chi connectivity index (χ1v) is 7.30. The molecular weight excluding hydrogens is 268 g/mol. The number of thioether (sulfide) groups is 1. The second kappa shape index (κ2) is 6.34. The van der Waals surface area contributed by atoms with Crippen LogP contribution in [0.15, 0.2) is 23.2 Å². The zero-order chi connectivity index (χ0) is 13.0. The van der Waals surface area contributed by atoms with Gasteiger partial charge in [-0.3, -0.25) is 4.99 Å². The Labute approximate surface area is 117 Å². The summed E-state index contributed by atoms with van der Waals surface area (Å²) < 4.78 is 5.12. The van der Waals surface area contributed by atoms with E-state index >= 15 is 0 Å². The summed E-state index contributed by atoms with van der Waals surface area (Å²) in [6, 6.07) is 5.66. The van der Waals surface area contributed by atoms with Crippen LogP contribution in [-0.4, -0.2) is 24.1 Å². The predicted octanol–water partition coefficient (Wildman–Crippen LogP) is 4.03. The second-order valence-electron chi connectivity index (χ2n) is 4.15. The van der Waals surface area contributed by atoms with Crippen molar-refractivity contribution in [3.05, 3.63) is 23.2 Å². The largest absolute Gasteiger partial charge is 0.495 e. The van der Waals surface area contributed by atoms with Crippen molar-refractivity contribution in [2.75, 3.05) is 19.0 Å². The Balaban J connectivity index is 1.96. The standard InChI is InChI=1S/C13H17ClN2OS/c1-3-4-10-8-15-13(18-10)16-9-5-6-12(17-2)11(14)7-9/h5-7,10H,3-4,8H2,1-2H3,(H,15,16). The van der Waals surface area contributed by atoms with Gasteiger partial charge in [0.25, 0.3) is 0 Å². The van der Waals surface area contributed by atoms with Crippen LogP contribution in [0.1, 0.15) is 19.8 Å². The van der Waals surface area contributed by atoms with Crippen molar-refractivity contribution in [2.24, 2.45) is 4.99 Å². The van der Waals surface area contributed by atoms with Crippen LogP contribution in [0.25, 0.3) is 0 Å². The number of amidine groups is 1.